The van der Waals surface area contributed by atoms with E-state index in [-0.39, 0.29) is 23.6 Å². The Bertz CT molecular complexity index is 426. The van der Waals surface area contributed by atoms with E-state index in [9.17, 15) is 15.0 Å². The molecule has 1 heterocycles. The van der Waals surface area contributed by atoms with Crippen LogP contribution in [0.3, 0.4) is 0 Å². The highest BCUT2D eigenvalue weighted by Gasteiger charge is 2.26. The number of thiazole rings is 1. The van der Waals surface area contributed by atoms with Gasteiger partial charge in [-0.2, -0.15) is 5.26 Å². The minimum absolute atomic E-state index is 0.0126. The van der Waals surface area contributed by atoms with Crippen LogP contribution in [-0.4, -0.2) is 33.9 Å². The van der Waals surface area contributed by atoms with Gasteiger partial charge in [-0.1, -0.05) is 0 Å². The largest absolute Gasteiger partial charge is 0.461 e. The highest BCUT2D eigenvalue weighted by atomic mass is 32.1. The lowest BCUT2D eigenvalue weighted by Gasteiger charge is -2.14. The SMILES string of the molecule is CCOC(=O)c1ncsc1C(O)C(O)CC#N. The molecule has 0 radical (unpaired) electrons. The molecule has 0 saturated carbocycles. The smallest absolute Gasteiger partial charge is 0.358 e. The van der Waals surface area contributed by atoms with Gasteiger partial charge in [0.1, 0.15) is 6.10 Å². The van der Waals surface area contributed by atoms with Crippen LogP contribution in [-0.2, 0) is 4.74 Å². The summed E-state index contributed by atoms with van der Waals surface area (Å²) in [6.45, 7) is 1.86. The van der Waals surface area contributed by atoms with Crippen molar-refractivity contribution in [3.05, 3.63) is 16.1 Å². The molecule has 1 aromatic heterocycles. The summed E-state index contributed by atoms with van der Waals surface area (Å²) in [5.74, 6) is -0.646. The number of hydrogen-bond acceptors (Lipinski definition) is 7. The van der Waals surface area contributed by atoms with Crippen LogP contribution in [0, 0.1) is 11.3 Å². The van der Waals surface area contributed by atoms with E-state index in [0.717, 1.165) is 11.3 Å². The van der Waals surface area contributed by atoms with Crippen LogP contribution in [0.4, 0.5) is 0 Å². The zero-order valence-corrected chi connectivity index (χ0v) is 9.98. The molecule has 0 aliphatic heterocycles. The molecule has 0 aliphatic rings. The number of carbonyl (C=O) groups excluding carboxylic acids is 1. The Balaban J connectivity index is 2.88. The van der Waals surface area contributed by atoms with E-state index in [4.69, 9.17) is 10.00 Å². The van der Waals surface area contributed by atoms with Crippen molar-refractivity contribution >= 4 is 17.3 Å². The van der Waals surface area contributed by atoms with Gasteiger partial charge in [0.05, 0.1) is 35.6 Å². The van der Waals surface area contributed by atoms with E-state index in [1.165, 1.54) is 5.51 Å². The summed E-state index contributed by atoms with van der Waals surface area (Å²) < 4.78 is 4.76. The third-order valence-electron chi connectivity index (χ3n) is 2.00. The molecule has 1 rings (SSSR count). The zero-order valence-electron chi connectivity index (χ0n) is 9.16. The predicted octanol–water partition coefficient (Wildman–Crippen LogP) is 0.628. The van der Waals surface area contributed by atoms with Gasteiger partial charge >= 0.3 is 5.97 Å². The summed E-state index contributed by atoms with van der Waals surface area (Å²) in [6, 6.07) is 1.74. The molecule has 17 heavy (non-hydrogen) atoms. The number of hydrogen-bond donors (Lipinski definition) is 2. The number of nitriles is 1. The lowest BCUT2D eigenvalue weighted by molar-refractivity contribution is 0.0219. The minimum atomic E-state index is -1.30. The van der Waals surface area contributed by atoms with Gasteiger partial charge in [0.2, 0.25) is 0 Å². The van der Waals surface area contributed by atoms with Crippen molar-refractivity contribution in [2.45, 2.75) is 25.6 Å². The van der Waals surface area contributed by atoms with Gasteiger partial charge in [-0.05, 0) is 6.92 Å². The van der Waals surface area contributed by atoms with Crippen LogP contribution in [0.15, 0.2) is 5.51 Å². The molecule has 2 N–H and O–H groups in total. The zero-order chi connectivity index (χ0) is 12.8. The number of ether oxygens (including phenoxy) is 1. The molecule has 92 valence electrons. The first-order valence-electron chi connectivity index (χ1n) is 4.95. The minimum Gasteiger partial charge on any atom is -0.461 e. The van der Waals surface area contributed by atoms with Crippen molar-refractivity contribution in [2.24, 2.45) is 0 Å². The monoisotopic (exact) mass is 256 g/mol. The van der Waals surface area contributed by atoms with Gasteiger partial charge in [0.15, 0.2) is 5.69 Å². The maximum atomic E-state index is 11.5. The lowest BCUT2D eigenvalue weighted by atomic mass is 10.1. The van der Waals surface area contributed by atoms with Crippen LogP contribution in [0.2, 0.25) is 0 Å². The second kappa shape index (κ2) is 6.30. The summed E-state index contributed by atoms with van der Waals surface area (Å²) in [5, 5.41) is 27.7. The molecular weight excluding hydrogens is 244 g/mol. The van der Waals surface area contributed by atoms with Crippen molar-refractivity contribution in [1.29, 1.82) is 5.26 Å². The molecule has 0 bridgehead atoms. The van der Waals surface area contributed by atoms with Crippen LogP contribution in [0.1, 0.15) is 34.8 Å². The number of nitrogens with zero attached hydrogens (tertiary/aromatic N) is 2. The average molecular weight is 256 g/mol. The van der Waals surface area contributed by atoms with E-state index in [1.807, 2.05) is 0 Å². The van der Waals surface area contributed by atoms with Gasteiger partial charge in [0, 0.05) is 0 Å². The number of aliphatic hydroxyl groups is 2. The molecule has 0 saturated heterocycles. The second-order valence-corrected chi connectivity index (χ2v) is 4.05. The van der Waals surface area contributed by atoms with Crippen molar-refractivity contribution in [3.8, 4) is 6.07 Å². The van der Waals surface area contributed by atoms with Crippen molar-refractivity contribution in [1.82, 2.24) is 4.98 Å². The molecule has 6 nitrogen and oxygen atoms in total. The topological polar surface area (TPSA) is 103 Å². The highest BCUT2D eigenvalue weighted by Crippen LogP contribution is 2.26. The summed E-state index contributed by atoms with van der Waals surface area (Å²) in [6.07, 6.45) is -2.77. The Labute approximate surface area is 102 Å². The molecule has 0 aromatic carbocycles. The normalized spacial score (nSPS) is 13.8. The van der Waals surface area contributed by atoms with Gasteiger partial charge < -0.3 is 14.9 Å². The molecule has 0 aliphatic carbocycles. The molecule has 2 unspecified atom stereocenters. The number of aliphatic hydroxyl groups excluding tert-OH is 2. The first kappa shape index (κ1) is 13.6. The maximum Gasteiger partial charge on any atom is 0.358 e. The quantitative estimate of drug-likeness (QED) is 0.749. The van der Waals surface area contributed by atoms with Gasteiger partial charge in [0.25, 0.3) is 0 Å². The van der Waals surface area contributed by atoms with Crippen molar-refractivity contribution < 1.29 is 19.7 Å². The van der Waals surface area contributed by atoms with Crippen LogP contribution < -0.4 is 0 Å². The van der Waals surface area contributed by atoms with E-state index >= 15 is 0 Å². The van der Waals surface area contributed by atoms with Gasteiger partial charge in [-0.25, -0.2) is 9.78 Å². The summed E-state index contributed by atoms with van der Waals surface area (Å²) in [7, 11) is 0. The fourth-order valence-corrected chi connectivity index (χ4v) is 2.01. The maximum absolute atomic E-state index is 11.5. The van der Waals surface area contributed by atoms with Crippen LogP contribution in [0.5, 0.6) is 0 Å². The molecular formula is C10H12N2O4S. The Morgan fingerprint density at radius 1 is 1.71 bits per heavy atom. The number of rotatable bonds is 5. The molecule has 2 atom stereocenters. The Morgan fingerprint density at radius 3 is 3.00 bits per heavy atom. The molecule has 0 fully saturated rings. The van der Waals surface area contributed by atoms with Crippen molar-refractivity contribution in [2.75, 3.05) is 6.61 Å². The Kier molecular flexibility index (Phi) is 5.03. The lowest BCUT2D eigenvalue weighted by Crippen LogP contribution is -2.19. The van der Waals surface area contributed by atoms with E-state index in [1.54, 1.807) is 13.0 Å². The first-order chi connectivity index (χ1) is 8.11. The highest BCUT2D eigenvalue weighted by molar-refractivity contribution is 7.10. The fraction of sp³-hybridized carbons (Fsp3) is 0.500. The third kappa shape index (κ3) is 3.23. The first-order valence-corrected chi connectivity index (χ1v) is 5.83. The van der Waals surface area contributed by atoms with Crippen molar-refractivity contribution in [3.63, 3.8) is 0 Å². The number of carbonyl (C=O) groups is 1. The van der Waals surface area contributed by atoms with Crippen LogP contribution in [0.25, 0.3) is 0 Å². The standard InChI is InChI=1S/C10H12N2O4S/c1-2-16-10(15)7-9(17-5-12-7)8(14)6(13)3-4-11/h5-6,8,13-14H,2-3H2,1H3. The summed E-state index contributed by atoms with van der Waals surface area (Å²) >= 11 is 1.03. The summed E-state index contributed by atoms with van der Waals surface area (Å²) in [4.78, 5) is 15.5. The Morgan fingerprint density at radius 2 is 2.41 bits per heavy atom. The predicted molar refractivity (Wildman–Crippen MR) is 59.3 cm³/mol. The molecule has 0 amide bonds. The van der Waals surface area contributed by atoms with Crippen LogP contribution >= 0.6 is 11.3 Å². The molecule has 1 aromatic rings. The second-order valence-electron chi connectivity index (χ2n) is 3.16. The number of aromatic nitrogens is 1. The molecule has 0 spiro atoms. The fourth-order valence-electron chi connectivity index (χ4n) is 1.20. The van der Waals surface area contributed by atoms with Gasteiger partial charge in [-0.3, -0.25) is 0 Å². The average Bonchev–Trinajstić information content (AvgIpc) is 2.77. The van der Waals surface area contributed by atoms with E-state index < -0.39 is 18.2 Å². The van der Waals surface area contributed by atoms with E-state index in [0.29, 0.717) is 0 Å². The summed E-state index contributed by atoms with van der Waals surface area (Å²) in [5.41, 5.74) is 1.37. The van der Waals surface area contributed by atoms with E-state index in [2.05, 4.69) is 4.98 Å². The molecule has 7 heteroatoms. The number of esters is 1. The Hall–Kier alpha value is -1.49. The third-order valence-corrected chi connectivity index (χ3v) is 2.90. The van der Waals surface area contributed by atoms with Gasteiger partial charge in [-0.15, -0.1) is 11.3 Å².